The van der Waals surface area contributed by atoms with Crippen molar-refractivity contribution in [3.63, 3.8) is 0 Å². The van der Waals surface area contributed by atoms with Gasteiger partial charge in [0.2, 0.25) is 0 Å². The molecule has 0 saturated carbocycles. The molecule has 0 radical (unpaired) electrons. The maximum atomic E-state index is 2.23. The molecule has 0 bridgehead atoms. The summed E-state index contributed by atoms with van der Waals surface area (Å²) in [6, 6.07) is 19.3. The number of hydrogen-bond acceptors (Lipinski definition) is 0. The van der Waals surface area contributed by atoms with Crippen LogP contribution in [-0.2, 0) is 26.1 Å². The second-order valence-electron chi connectivity index (χ2n) is 3.02. The summed E-state index contributed by atoms with van der Waals surface area (Å²) >= 11 is 0.698. The van der Waals surface area contributed by atoms with Gasteiger partial charge in [-0.05, 0) is 0 Å². The first-order valence-corrected chi connectivity index (χ1v) is 7.09. The Kier molecular flexibility index (Phi) is 2.79. The third kappa shape index (κ3) is 2.00. The Hall–Kier alpha value is -0.625. The van der Waals surface area contributed by atoms with Gasteiger partial charge in [0, 0.05) is 0 Å². The first kappa shape index (κ1) is 8.95. The van der Waals surface area contributed by atoms with Crippen LogP contribution in [-0.4, -0.2) is 0 Å². The maximum absolute atomic E-state index is 2.23. The topological polar surface area (TPSA) is 0 Å². The first-order valence-electron chi connectivity index (χ1n) is 4.34. The molecule has 2 rings (SSSR count). The van der Waals surface area contributed by atoms with E-state index in [0.29, 0.717) is 26.1 Å². The molecule has 0 saturated heterocycles. The van der Waals surface area contributed by atoms with E-state index in [-0.39, 0.29) is 0 Å². The van der Waals surface area contributed by atoms with Crippen molar-refractivity contribution in [3.05, 3.63) is 54.6 Å². The summed E-state index contributed by atoms with van der Waals surface area (Å²) in [5, 5.41) is 0. The molecule has 0 spiro atoms. The molecule has 2 aromatic rings. The van der Waals surface area contributed by atoms with Crippen molar-refractivity contribution >= 4 is 3.07 Å². The molecule has 0 unspecified atom stereocenters. The molecule has 0 aliphatic rings. The third-order valence-corrected chi connectivity index (χ3v) is 4.50. The molecule has 59 valence electrons. The van der Waals surface area contributed by atoms with Crippen molar-refractivity contribution in [2.75, 3.05) is 0 Å². The van der Waals surface area contributed by atoms with E-state index in [1.807, 2.05) is 0 Å². The van der Waals surface area contributed by atoms with Gasteiger partial charge in [-0.25, -0.2) is 0 Å². The van der Waals surface area contributed by atoms with Crippen LogP contribution in [0.15, 0.2) is 54.6 Å². The zero-order valence-electron chi connectivity index (χ0n) is 7.40. The molecule has 0 fully saturated rings. The van der Waals surface area contributed by atoms with E-state index in [1.165, 1.54) is 14.2 Å². The molecule has 1 heteroatoms. The Morgan fingerprint density at radius 1 is 0.692 bits per heavy atom. The van der Waals surface area contributed by atoms with Crippen LogP contribution in [0.1, 0.15) is 0 Å². The minimum absolute atomic E-state index is 0.698. The van der Waals surface area contributed by atoms with Crippen molar-refractivity contribution in [3.8, 4) is 11.1 Å². The number of rotatable bonds is 1. The normalized spacial score (nSPS) is 10.0. The van der Waals surface area contributed by atoms with Crippen LogP contribution < -0.4 is 3.07 Å². The minimum atomic E-state index is 0.698. The molecular formula is C12H9Hg. The SMILES string of the molecule is [Hg][c]1ccccc1-c1ccccc1. The second kappa shape index (κ2) is 4.06. The van der Waals surface area contributed by atoms with Crippen LogP contribution in [0.3, 0.4) is 0 Å². The molecule has 0 nitrogen and oxygen atoms in total. The van der Waals surface area contributed by atoms with Crippen LogP contribution in [0.25, 0.3) is 11.1 Å². The van der Waals surface area contributed by atoms with Gasteiger partial charge >= 0.3 is 94.9 Å². The van der Waals surface area contributed by atoms with Gasteiger partial charge in [0.25, 0.3) is 0 Å². The van der Waals surface area contributed by atoms with E-state index in [1.54, 1.807) is 0 Å². The van der Waals surface area contributed by atoms with Gasteiger partial charge in [0.05, 0.1) is 0 Å². The predicted molar refractivity (Wildman–Crippen MR) is 51.5 cm³/mol. The Morgan fingerprint density at radius 2 is 1.31 bits per heavy atom. The van der Waals surface area contributed by atoms with Crippen LogP contribution in [0.5, 0.6) is 0 Å². The van der Waals surface area contributed by atoms with Crippen molar-refractivity contribution < 1.29 is 26.1 Å². The Morgan fingerprint density at radius 3 is 2.00 bits per heavy atom. The average molecular weight is 354 g/mol. The molecular weight excluding hydrogens is 345 g/mol. The zero-order chi connectivity index (χ0) is 9.10. The van der Waals surface area contributed by atoms with Crippen LogP contribution in [0.4, 0.5) is 0 Å². The third-order valence-electron chi connectivity index (χ3n) is 2.10. The van der Waals surface area contributed by atoms with Gasteiger partial charge in [0.15, 0.2) is 0 Å². The van der Waals surface area contributed by atoms with Gasteiger partial charge in [0.1, 0.15) is 0 Å². The summed E-state index contributed by atoms with van der Waals surface area (Å²) < 4.78 is 1.52. The Balaban J connectivity index is 2.54. The average Bonchev–Trinajstić information content (AvgIpc) is 2.20. The standard InChI is InChI=1S/C12H9.Hg/c1-3-7-11(8-4-1)12-9-5-2-6-10-12;/h1-9H;. The van der Waals surface area contributed by atoms with Gasteiger partial charge in [-0.2, -0.15) is 0 Å². The van der Waals surface area contributed by atoms with Gasteiger partial charge in [-0.3, -0.25) is 0 Å². The van der Waals surface area contributed by atoms with Crippen molar-refractivity contribution in [1.82, 2.24) is 0 Å². The fourth-order valence-electron chi connectivity index (χ4n) is 1.42. The molecule has 0 atom stereocenters. The van der Waals surface area contributed by atoms with Crippen molar-refractivity contribution in [2.24, 2.45) is 0 Å². The summed E-state index contributed by atoms with van der Waals surface area (Å²) in [5.41, 5.74) is 2.75. The Labute approximate surface area is 94.6 Å². The van der Waals surface area contributed by atoms with Crippen molar-refractivity contribution in [1.29, 1.82) is 0 Å². The van der Waals surface area contributed by atoms with Gasteiger partial charge in [-0.15, -0.1) is 0 Å². The molecule has 0 N–H and O–H groups in total. The Bertz CT molecular complexity index is 393. The van der Waals surface area contributed by atoms with Crippen LogP contribution in [0.2, 0.25) is 0 Å². The zero-order valence-corrected chi connectivity index (χ0v) is 12.9. The molecule has 0 aliphatic heterocycles. The van der Waals surface area contributed by atoms with Gasteiger partial charge in [-0.1, -0.05) is 0 Å². The summed E-state index contributed by atoms with van der Waals surface area (Å²) in [6.07, 6.45) is 0. The molecule has 2 aromatic carbocycles. The second-order valence-corrected chi connectivity index (χ2v) is 5.98. The van der Waals surface area contributed by atoms with E-state index < -0.39 is 0 Å². The molecule has 13 heavy (non-hydrogen) atoms. The molecule has 0 aliphatic carbocycles. The summed E-state index contributed by atoms with van der Waals surface area (Å²) in [6.45, 7) is 0. The summed E-state index contributed by atoms with van der Waals surface area (Å²) in [7, 11) is 0. The fourth-order valence-corrected chi connectivity index (χ4v) is 3.20. The summed E-state index contributed by atoms with van der Waals surface area (Å²) in [4.78, 5) is 0. The van der Waals surface area contributed by atoms with E-state index >= 15 is 0 Å². The van der Waals surface area contributed by atoms with Gasteiger partial charge < -0.3 is 0 Å². The monoisotopic (exact) mass is 355 g/mol. The van der Waals surface area contributed by atoms with E-state index in [9.17, 15) is 0 Å². The fraction of sp³-hybridized carbons (Fsp3) is 0. The number of hydrogen-bond donors (Lipinski definition) is 0. The summed E-state index contributed by atoms with van der Waals surface area (Å²) in [5.74, 6) is 0. The molecule has 0 aromatic heterocycles. The predicted octanol–water partition coefficient (Wildman–Crippen LogP) is 2.53. The van der Waals surface area contributed by atoms with Crippen LogP contribution >= 0.6 is 0 Å². The molecule has 0 amide bonds. The van der Waals surface area contributed by atoms with E-state index in [0.717, 1.165) is 0 Å². The quantitative estimate of drug-likeness (QED) is 0.691. The first-order chi connectivity index (χ1) is 6.38. The van der Waals surface area contributed by atoms with Crippen molar-refractivity contribution in [2.45, 2.75) is 0 Å². The van der Waals surface area contributed by atoms with E-state index in [4.69, 9.17) is 0 Å². The molecule has 0 heterocycles. The number of benzene rings is 2. The van der Waals surface area contributed by atoms with E-state index in [2.05, 4.69) is 54.6 Å². The van der Waals surface area contributed by atoms with Crippen LogP contribution in [0, 0.1) is 0 Å².